The Bertz CT molecular complexity index is 795. The second kappa shape index (κ2) is 6.17. The molecule has 1 aromatic heterocycles. The first-order valence-corrected chi connectivity index (χ1v) is 8.90. The summed E-state index contributed by atoms with van der Waals surface area (Å²) in [4.78, 5) is 12.3. The van der Waals surface area contributed by atoms with Crippen molar-refractivity contribution in [2.24, 2.45) is 0 Å². The van der Waals surface area contributed by atoms with E-state index < -0.39 is 16.1 Å². The van der Waals surface area contributed by atoms with Crippen molar-refractivity contribution in [3.63, 3.8) is 0 Å². The van der Waals surface area contributed by atoms with E-state index in [0.717, 1.165) is 22.7 Å². The number of nitrogens with one attached hydrogen (secondary N) is 1. The summed E-state index contributed by atoms with van der Waals surface area (Å²) >= 11 is 0. The molecule has 122 valence electrons. The molecule has 1 heterocycles. The molecule has 0 unspecified atom stereocenters. The highest BCUT2D eigenvalue weighted by atomic mass is 32.2. The monoisotopic (exact) mass is 333 g/mol. The molecule has 2 aromatic rings. The molecule has 1 aliphatic rings. The van der Waals surface area contributed by atoms with Crippen LogP contribution >= 0.6 is 0 Å². The van der Waals surface area contributed by atoms with E-state index in [1.54, 1.807) is 12.1 Å². The number of hydrogen-bond donors (Lipinski definition) is 1. The smallest absolute Gasteiger partial charge is 0.304 e. The van der Waals surface area contributed by atoms with E-state index in [1.807, 2.05) is 41.1 Å². The van der Waals surface area contributed by atoms with Crippen molar-refractivity contribution in [1.29, 1.82) is 0 Å². The topological polar surface area (TPSA) is 71.4 Å². The number of rotatable bonds is 6. The number of amides is 1. The fourth-order valence-electron chi connectivity index (χ4n) is 2.43. The third-order valence-electron chi connectivity index (χ3n) is 3.83. The first-order chi connectivity index (χ1) is 11.0. The zero-order valence-electron chi connectivity index (χ0n) is 12.8. The number of carbonyl (C=O) groups excluding carboxylic acids is 1. The van der Waals surface area contributed by atoms with Crippen LogP contribution in [0.25, 0.3) is 0 Å². The second-order valence-corrected chi connectivity index (χ2v) is 7.49. The number of hydrogen-bond acceptors (Lipinski definition) is 3. The molecule has 3 rings (SSSR count). The van der Waals surface area contributed by atoms with Gasteiger partial charge in [0.25, 0.3) is 5.91 Å². The molecule has 1 amide bonds. The van der Waals surface area contributed by atoms with Crippen LogP contribution < -0.4 is 4.72 Å². The van der Waals surface area contributed by atoms with Gasteiger partial charge in [0.05, 0.1) is 0 Å². The highest BCUT2D eigenvalue weighted by molar-refractivity contribution is 7.87. The largest absolute Gasteiger partial charge is 0.340 e. The van der Waals surface area contributed by atoms with E-state index in [9.17, 15) is 13.2 Å². The Morgan fingerprint density at radius 2 is 1.91 bits per heavy atom. The number of carbonyl (C=O) groups is 1. The lowest BCUT2D eigenvalue weighted by atomic mass is 10.2. The molecular formula is C16H19N3O3S. The minimum Gasteiger partial charge on any atom is -0.340 e. The molecule has 0 spiro atoms. The number of aromatic nitrogens is 1. The molecule has 1 aliphatic carbocycles. The first kappa shape index (κ1) is 15.8. The third-order valence-corrected chi connectivity index (χ3v) is 5.22. The van der Waals surface area contributed by atoms with E-state index in [1.165, 1.54) is 7.05 Å². The Labute approximate surface area is 135 Å². The summed E-state index contributed by atoms with van der Waals surface area (Å²) in [7, 11) is -2.44. The maximum Gasteiger partial charge on any atom is 0.304 e. The summed E-state index contributed by atoms with van der Waals surface area (Å²) in [6.45, 7) is 0.201. The molecule has 1 N–H and O–H groups in total. The van der Waals surface area contributed by atoms with E-state index >= 15 is 0 Å². The Morgan fingerprint density at radius 1 is 1.22 bits per heavy atom. The van der Waals surface area contributed by atoms with Gasteiger partial charge in [-0.25, -0.2) is 4.72 Å². The van der Waals surface area contributed by atoms with Gasteiger partial charge in [-0.2, -0.15) is 12.7 Å². The van der Waals surface area contributed by atoms with Gasteiger partial charge < -0.3 is 4.57 Å². The normalized spacial score (nSPS) is 14.9. The molecule has 6 nitrogen and oxygen atoms in total. The lowest BCUT2D eigenvalue weighted by molar-refractivity contribution is 0.0970. The quantitative estimate of drug-likeness (QED) is 0.878. The van der Waals surface area contributed by atoms with E-state index in [-0.39, 0.29) is 6.54 Å². The highest BCUT2D eigenvalue weighted by Gasteiger charge is 2.29. The van der Waals surface area contributed by atoms with Gasteiger partial charge in [-0.1, -0.05) is 30.3 Å². The standard InChI is InChI=1S/C16H19N3O3S/c1-18(12-13-6-3-2-4-7-13)23(21,22)17-16(20)15-8-5-11-19(15)14-9-10-14/h2-8,11,14H,9-10,12H2,1H3,(H,17,20). The first-order valence-electron chi connectivity index (χ1n) is 7.46. The molecule has 0 atom stereocenters. The van der Waals surface area contributed by atoms with Crippen LogP contribution in [0.1, 0.15) is 34.9 Å². The van der Waals surface area contributed by atoms with Crippen molar-refractivity contribution in [3.05, 3.63) is 59.9 Å². The van der Waals surface area contributed by atoms with Crippen molar-refractivity contribution in [2.45, 2.75) is 25.4 Å². The van der Waals surface area contributed by atoms with Crippen LogP contribution in [0.15, 0.2) is 48.7 Å². The molecule has 1 aromatic carbocycles. The molecule has 0 radical (unpaired) electrons. The van der Waals surface area contributed by atoms with Gasteiger partial charge in [-0.05, 0) is 30.5 Å². The van der Waals surface area contributed by atoms with Gasteiger partial charge in [0.1, 0.15) is 5.69 Å². The van der Waals surface area contributed by atoms with Crippen LogP contribution in [0.5, 0.6) is 0 Å². The van der Waals surface area contributed by atoms with Gasteiger partial charge in [0.15, 0.2) is 0 Å². The van der Waals surface area contributed by atoms with Crippen molar-refractivity contribution in [2.75, 3.05) is 7.05 Å². The minimum absolute atomic E-state index is 0.201. The summed E-state index contributed by atoms with van der Waals surface area (Å²) in [5.74, 6) is -0.596. The molecular weight excluding hydrogens is 314 g/mol. The maximum absolute atomic E-state index is 12.3. The zero-order valence-corrected chi connectivity index (χ0v) is 13.7. The summed E-state index contributed by atoms with van der Waals surface area (Å²) in [5.41, 5.74) is 1.23. The van der Waals surface area contributed by atoms with Crippen LogP contribution in [0.3, 0.4) is 0 Å². The number of nitrogens with zero attached hydrogens (tertiary/aromatic N) is 2. The summed E-state index contributed by atoms with van der Waals surface area (Å²) in [6.07, 6.45) is 3.86. The Hall–Kier alpha value is -2.12. The van der Waals surface area contributed by atoms with Crippen LogP contribution in [0, 0.1) is 0 Å². The molecule has 0 aliphatic heterocycles. The molecule has 0 bridgehead atoms. The van der Waals surface area contributed by atoms with Gasteiger partial charge in [-0.15, -0.1) is 0 Å². The Balaban J connectivity index is 1.70. The highest BCUT2D eigenvalue weighted by Crippen LogP contribution is 2.36. The van der Waals surface area contributed by atoms with E-state index in [4.69, 9.17) is 0 Å². The molecule has 1 saturated carbocycles. The average Bonchev–Trinajstić information content (AvgIpc) is 3.24. The third kappa shape index (κ3) is 3.62. The van der Waals surface area contributed by atoms with Crippen molar-refractivity contribution >= 4 is 16.1 Å². The molecule has 7 heteroatoms. The molecule has 0 saturated heterocycles. The predicted molar refractivity (Wildman–Crippen MR) is 87.0 cm³/mol. The van der Waals surface area contributed by atoms with Gasteiger partial charge >= 0.3 is 10.2 Å². The van der Waals surface area contributed by atoms with Crippen LogP contribution in [0.2, 0.25) is 0 Å². The van der Waals surface area contributed by atoms with Crippen LogP contribution in [-0.2, 0) is 16.8 Å². The van der Waals surface area contributed by atoms with Gasteiger partial charge in [-0.3, -0.25) is 4.79 Å². The minimum atomic E-state index is -3.89. The second-order valence-electron chi connectivity index (χ2n) is 5.71. The lowest BCUT2D eigenvalue weighted by Crippen LogP contribution is -2.41. The van der Waals surface area contributed by atoms with Crippen molar-refractivity contribution in [1.82, 2.24) is 13.6 Å². The lowest BCUT2D eigenvalue weighted by Gasteiger charge is -2.18. The fraction of sp³-hybridized carbons (Fsp3) is 0.312. The van der Waals surface area contributed by atoms with Crippen LogP contribution in [0.4, 0.5) is 0 Å². The van der Waals surface area contributed by atoms with Crippen molar-refractivity contribution in [3.8, 4) is 0 Å². The summed E-state index contributed by atoms with van der Waals surface area (Å²) < 4.78 is 29.7. The average molecular weight is 333 g/mol. The number of benzene rings is 1. The summed E-state index contributed by atoms with van der Waals surface area (Å²) in [5, 5.41) is 0. The predicted octanol–water partition coefficient (Wildman–Crippen LogP) is 1.93. The van der Waals surface area contributed by atoms with Crippen molar-refractivity contribution < 1.29 is 13.2 Å². The zero-order chi connectivity index (χ0) is 16.4. The SMILES string of the molecule is CN(Cc1ccccc1)S(=O)(=O)NC(=O)c1cccn1C1CC1. The molecule has 1 fully saturated rings. The fourth-order valence-corrected chi connectivity index (χ4v) is 3.24. The Kier molecular flexibility index (Phi) is 4.23. The maximum atomic E-state index is 12.3. The molecule has 23 heavy (non-hydrogen) atoms. The van der Waals surface area contributed by atoms with Gasteiger partial charge in [0.2, 0.25) is 0 Å². The Morgan fingerprint density at radius 3 is 2.57 bits per heavy atom. The van der Waals surface area contributed by atoms with Gasteiger partial charge in [0, 0.05) is 25.8 Å². The van der Waals surface area contributed by atoms with E-state index in [2.05, 4.69) is 4.72 Å². The summed E-state index contributed by atoms with van der Waals surface area (Å²) in [6, 6.07) is 12.9. The van der Waals surface area contributed by atoms with Crippen LogP contribution in [-0.4, -0.2) is 30.2 Å². The van der Waals surface area contributed by atoms with E-state index in [0.29, 0.717) is 11.7 Å².